The van der Waals surface area contributed by atoms with Crippen LogP contribution < -0.4 is 10.5 Å². The van der Waals surface area contributed by atoms with Gasteiger partial charge in [-0.1, -0.05) is 15.9 Å². The van der Waals surface area contributed by atoms with Gasteiger partial charge in [-0.15, -0.1) is 0 Å². The molecule has 0 spiro atoms. The minimum Gasteiger partial charge on any atom is -0.493 e. The van der Waals surface area contributed by atoms with E-state index in [0.717, 1.165) is 22.2 Å². The van der Waals surface area contributed by atoms with Crippen LogP contribution in [0.5, 0.6) is 5.75 Å². The molecule has 2 rings (SSSR count). The van der Waals surface area contributed by atoms with Gasteiger partial charge in [-0.2, -0.15) is 0 Å². The molecule has 0 aromatic heterocycles. The average molecular weight is 284 g/mol. The van der Waals surface area contributed by atoms with E-state index in [1.807, 2.05) is 12.1 Å². The highest BCUT2D eigenvalue weighted by Gasteiger charge is 2.20. The molecule has 3 nitrogen and oxygen atoms in total. The number of rotatable bonds is 3. The Kier molecular flexibility index (Phi) is 3.30. The second-order valence-electron chi connectivity index (χ2n) is 4.08. The number of carbonyl (C=O) groups excluding carboxylic acids is 1. The fourth-order valence-corrected chi connectivity index (χ4v) is 2.38. The number of benzene rings is 1. The molecule has 1 aliphatic rings. The summed E-state index contributed by atoms with van der Waals surface area (Å²) in [6.07, 6.45) is 1.26. The molecule has 1 unspecified atom stereocenters. The van der Waals surface area contributed by atoms with E-state index in [1.165, 1.54) is 5.56 Å². The number of hydrogen-bond donors (Lipinski definition) is 1. The predicted molar refractivity (Wildman–Crippen MR) is 65.7 cm³/mol. The van der Waals surface area contributed by atoms with Crippen molar-refractivity contribution in [3.63, 3.8) is 0 Å². The van der Waals surface area contributed by atoms with Crippen molar-refractivity contribution in [2.45, 2.75) is 25.8 Å². The molecule has 1 aromatic carbocycles. The van der Waals surface area contributed by atoms with Gasteiger partial charge in [0, 0.05) is 22.9 Å². The lowest BCUT2D eigenvalue weighted by Crippen LogP contribution is -2.28. The van der Waals surface area contributed by atoms with Crippen LogP contribution in [0.3, 0.4) is 0 Å². The van der Waals surface area contributed by atoms with Gasteiger partial charge in [0.1, 0.15) is 5.75 Å². The standard InChI is InChI=1S/C12H14BrNO2/c1-7(14)11(15)6-9-5-10(13)4-8-2-3-16-12(8)9/h4-5,7H,2-3,6,14H2,1H3. The number of hydrogen-bond acceptors (Lipinski definition) is 3. The Morgan fingerprint density at radius 2 is 2.38 bits per heavy atom. The topological polar surface area (TPSA) is 52.3 Å². The maximum Gasteiger partial charge on any atom is 0.153 e. The highest BCUT2D eigenvalue weighted by atomic mass is 79.9. The first kappa shape index (κ1) is 11.6. The van der Waals surface area contributed by atoms with Gasteiger partial charge in [-0.05, 0) is 24.6 Å². The van der Waals surface area contributed by atoms with E-state index in [2.05, 4.69) is 15.9 Å². The van der Waals surface area contributed by atoms with E-state index < -0.39 is 6.04 Å². The first-order valence-electron chi connectivity index (χ1n) is 5.30. The molecule has 1 atom stereocenters. The fourth-order valence-electron chi connectivity index (χ4n) is 1.83. The molecule has 0 fully saturated rings. The van der Waals surface area contributed by atoms with E-state index in [1.54, 1.807) is 6.92 Å². The molecule has 16 heavy (non-hydrogen) atoms. The van der Waals surface area contributed by atoms with Gasteiger partial charge < -0.3 is 10.5 Å². The Labute approximate surface area is 103 Å². The van der Waals surface area contributed by atoms with Gasteiger partial charge in [0.05, 0.1) is 12.6 Å². The first-order valence-corrected chi connectivity index (χ1v) is 6.09. The van der Waals surface area contributed by atoms with Gasteiger partial charge in [-0.3, -0.25) is 4.79 Å². The lowest BCUT2D eigenvalue weighted by atomic mass is 10.0. The van der Waals surface area contributed by atoms with Crippen LogP contribution in [0.1, 0.15) is 18.1 Å². The van der Waals surface area contributed by atoms with Crippen molar-refractivity contribution in [3.8, 4) is 5.75 Å². The maximum absolute atomic E-state index is 11.6. The van der Waals surface area contributed by atoms with Crippen LogP contribution in [0.25, 0.3) is 0 Å². The normalized spacial score (nSPS) is 15.4. The Bertz CT molecular complexity index is 429. The van der Waals surface area contributed by atoms with Crippen LogP contribution in [0.2, 0.25) is 0 Å². The molecule has 86 valence electrons. The summed E-state index contributed by atoms with van der Waals surface area (Å²) in [6, 6.07) is 3.56. The Hall–Kier alpha value is -0.870. The highest BCUT2D eigenvalue weighted by molar-refractivity contribution is 9.10. The zero-order valence-corrected chi connectivity index (χ0v) is 10.7. The van der Waals surface area contributed by atoms with E-state index in [-0.39, 0.29) is 5.78 Å². The van der Waals surface area contributed by atoms with Crippen LogP contribution in [-0.2, 0) is 17.6 Å². The van der Waals surface area contributed by atoms with E-state index >= 15 is 0 Å². The molecule has 0 radical (unpaired) electrons. The molecule has 4 heteroatoms. The molecule has 2 N–H and O–H groups in total. The van der Waals surface area contributed by atoms with Crippen LogP contribution in [0.15, 0.2) is 16.6 Å². The van der Waals surface area contributed by atoms with Crippen LogP contribution in [-0.4, -0.2) is 18.4 Å². The molecular formula is C12H14BrNO2. The van der Waals surface area contributed by atoms with Gasteiger partial charge >= 0.3 is 0 Å². The number of ketones is 1. The van der Waals surface area contributed by atoms with Crippen molar-refractivity contribution < 1.29 is 9.53 Å². The second kappa shape index (κ2) is 4.55. The summed E-state index contributed by atoms with van der Waals surface area (Å²) in [6.45, 7) is 2.41. The fraction of sp³-hybridized carbons (Fsp3) is 0.417. The molecule has 0 bridgehead atoms. The number of ether oxygens (including phenoxy) is 1. The van der Waals surface area contributed by atoms with E-state index in [4.69, 9.17) is 10.5 Å². The number of Topliss-reactive ketones (excluding diaryl/α,β-unsaturated/α-hetero) is 1. The van der Waals surface area contributed by atoms with Crippen molar-refractivity contribution in [1.82, 2.24) is 0 Å². The Morgan fingerprint density at radius 3 is 3.06 bits per heavy atom. The van der Waals surface area contributed by atoms with Gasteiger partial charge in [0.2, 0.25) is 0 Å². The number of nitrogens with two attached hydrogens (primary N) is 1. The minimum absolute atomic E-state index is 0.0378. The summed E-state index contributed by atoms with van der Waals surface area (Å²) in [5.41, 5.74) is 7.67. The van der Waals surface area contributed by atoms with Crippen molar-refractivity contribution >= 4 is 21.7 Å². The van der Waals surface area contributed by atoms with Crippen LogP contribution >= 0.6 is 15.9 Å². The number of halogens is 1. The first-order chi connectivity index (χ1) is 7.58. The second-order valence-corrected chi connectivity index (χ2v) is 5.00. The molecule has 1 aromatic rings. The Morgan fingerprint density at radius 1 is 1.62 bits per heavy atom. The zero-order chi connectivity index (χ0) is 11.7. The molecular weight excluding hydrogens is 270 g/mol. The number of carbonyl (C=O) groups is 1. The SMILES string of the molecule is CC(N)C(=O)Cc1cc(Br)cc2c1OCC2. The molecule has 1 heterocycles. The zero-order valence-electron chi connectivity index (χ0n) is 9.13. The summed E-state index contributed by atoms with van der Waals surface area (Å²) < 4.78 is 6.54. The third-order valence-corrected chi connectivity index (χ3v) is 3.16. The maximum atomic E-state index is 11.6. The van der Waals surface area contributed by atoms with Crippen molar-refractivity contribution in [3.05, 3.63) is 27.7 Å². The summed E-state index contributed by atoms with van der Waals surface area (Å²) in [5.74, 6) is 0.910. The summed E-state index contributed by atoms with van der Waals surface area (Å²) >= 11 is 3.44. The van der Waals surface area contributed by atoms with Gasteiger partial charge in [0.25, 0.3) is 0 Å². The third kappa shape index (κ3) is 2.28. The van der Waals surface area contributed by atoms with Crippen LogP contribution in [0, 0.1) is 0 Å². The molecule has 1 aliphatic heterocycles. The lowest BCUT2D eigenvalue weighted by Gasteiger charge is -2.09. The van der Waals surface area contributed by atoms with Crippen LogP contribution in [0.4, 0.5) is 0 Å². The third-order valence-electron chi connectivity index (χ3n) is 2.70. The molecule has 0 saturated heterocycles. The highest BCUT2D eigenvalue weighted by Crippen LogP contribution is 2.33. The number of fused-ring (bicyclic) bond motifs is 1. The van der Waals surface area contributed by atoms with Crippen molar-refractivity contribution in [2.24, 2.45) is 5.73 Å². The quantitative estimate of drug-likeness (QED) is 0.921. The lowest BCUT2D eigenvalue weighted by molar-refractivity contribution is -0.119. The monoisotopic (exact) mass is 283 g/mol. The van der Waals surface area contributed by atoms with E-state index in [9.17, 15) is 4.79 Å². The predicted octanol–water partition coefficient (Wildman–Crippen LogP) is 1.84. The summed E-state index contributed by atoms with van der Waals surface area (Å²) in [7, 11) is 0. The van der Waals surface area contributed by atoms with Crippen molar-refractivity contribution in [2.75, 3.05) is 6.61 Å². The Balaban J connectivity index is 2.30. The minimum atomic E-state index is -0.420. The summed E-state index contributed by atoms with van der Waals surface area (Å²) in [4.78, 5) is 11.6. The average Bonchev–Trinajstić information content (AvgIpc) is 2.65. The molecule has 0 aliphatic carbocycles. The van der Waals surface area contributed by atoms with E-state index in [0.29, 0.717) is 13.0 Å². The molecule has 0 amide bonds. The van der Waals surface area contributed by atoms with Crippen molar-refractivity contribution in [1.29, 1.82) is 0 Å². The molecule has 0 saturated carbocycles. The van der Waals surface area contributed by atoms with Gasteiger partial charge in [-0.25, -0.2) is 0 Å². The smallest absolute Gasteiger partial charge is 0.153 e. The van der Waals surface area contributed by atoms with Gasteiger partial charge in [0.15, 0.2) is 5.78 Å². The summed E-state index contributed by atoms with van der Waals surface area (Å²) in [5, 5.41) is 0. The largest absolute Gasteiger partial charge is 0.493 e.